The van der Waals surface area contributed by atoms with Crippen LogP contribution in [0.25, 0.3) is 0 Å². The van der Waals surface area contributed by atoms with Crippen molar-refractivity contribution in [3.63, 3.8) is 0 Å². The summed E-state index contributed by atoms with van der Waals surface area (Å²) in [6.45, 7) is 1.28. The molecule has 47 heavy (non-hydrogen) atoms. The first kappa shape index (κ1) is 32.1. The maximum Gasteiger partial charge on any atom is 0.416 e. The second kappa shape index (κ2) is 12.4. The van der Waals surface area contributed by atoms with Crippen molar-refractivity contribution in [2.24, 2.45) is 5.92 Å². The molecule has 2 N–H and O–H groups in total. The first-order chi connectivity index (χ1) is 22.4. The van der Waals surface area contributed by atoms with E-state index in [0.29, 0.717) is 10.4 Å². The van der Waals surface area contributed by atoms with Gasteiger partial charge in [-0.05, 0) is 67.1 Å². The van der Waals surface area contributed by atoms with E-state index in [0.717, 1.165) is 50.8 Å². The number of halogens is 3. The zero-order valence-electron chi connectivity index (χ0n) is 24.3. The summed E-state index contributed by atoms with van der Waals surface area (Å²) in [7, 11) is 0. The van der Waals surface area contributed by atoms with Gasteiger partial charge in [0.1, 0.15) is 17.5 Å². The van der Waals surface area contributed by atoms with Gasteiger partial charge in [0.05, 0.1) is 34.4 Å². The molecule has 2 aliphatic heterocycles. The first-order valence-electron chi connectivity index (χ1n) is 14.2. The predicted molar refractivity (Wildman–Crippen MR) is 167 cm³/mol. The monoisotopic (exact) mass is 683 g/mol. The Hall–Kier alpha value is -4.89. The molecule has 3 aromatic carbocycles. The number of ether oxygens (including phenoxy) is 1. The molecule has 1 aromatic heterocycles. The van der Waals surface area contributed by atoms with E-state index in [-0.39, 0.29) is 34.3 Å². The first-order valence-corrected chi connectivity index (χ1v) is 15.9. The number of rotatable bonds is 7. The van der Waals surface area contributed by atoms with Gasteiger partial charge >= 0.3 is 17.0 Å². The zero-order chi connectivity index (χ0) is 33.6. The average Bonchev–Trinajstić information content (AvgIpc) is 3.47. The number of carbonyl (C=O) groups is 4. The highest BCUT2D eigenvalue weighted by atomic mass is 32.2. The number of esters is 1. The zero-order valence-corrected chi connectivity index (χ0v) is 25.9. The Balaban J connectivity index is 1.35. The molecular formula is C32H24F3N3O7S2. The van der Waals surface area contributed by atoms with Crippen molar-refractivity contribution < 1.29 is 42.2 Å². The number of nitrogens with one attached hydrogen (secondary N) is 1. The molecule has 0 unspecified atom stereocenters. The number of thiazole rings is 1. The Bertz CT molecular complexity index is 1960. The lowest BCUT2D eigenvalue weighted by molar-refractivity contribution is -0.137. The number of aromatic hydroxyl groups is 1. The fourth-order valence-electron chi connectivity index (χ4n) is 5.63. The number of alkyl halides is 3. The van der Waals surface area contributed by atoms with E-state index in [9.17, 15) is 42.3 Å². The van der Waals surface area contributed by atoms with Crippen LogP contribution < -0.4 is 15.1 Å². The number of imide groups is 1. The number of nitrogens with zero attached hydrogens (tertiary/aromatic N) is 2. The van der Waals surface area contributed by atoms with E-state index >= 15 is 0 Å². The van der Waals surface area contributed by atoms with Crippen LogP contribution >= 0.6 is 23.1 Å². The third-order valence-corrected chi connectivity index (χ3v) is 10.3. The Morgan fingerprint density at radius 2 is 1.68 bits per heavy atom. The molecule has 0 aliphatic carbocycles. The van der Waals surface area contributed by atoms with Gasteiger partial charge in [-0.3, -0.25) is 23.7 Å². The normalized spacial score (nSPS) is 18.9. The van der Waals surface area contributed by atoms with E-state index in [1.165, 1.54) is 42.5 Å². The number of anilines is 2. The van der Waals surface area contributed by atoms with Crippen molar-refractivity contribution in [3.05, 3.63) is 104 Å². The molecule has 10 nitrogen and oxygen atoms in total. The maximum absolute atomic E-state index is 14.0. The molecule has 0 saturated carbocycles. The molecule has 4 aromatic rings. The number of carbonyl (C=O) groups excluding carboxylic acids is 4. The fourth-order valence-corrected chi connectivity index (χ4v) is 8.40. The van der Waals surface area contributed by atoms with Gasteiger partial charge in [0, 0.05) is 16.5 Å². The van der Waals surface area contributed by atoms with Gasteiger partial charge in [-0.2, -0.15) is 13.2 Å². The van der Waals surface area contributed by atoms with Gasteiger partial charge < -0.3 is 15.2 Å². The molecule has 15 heteroatoms. The topological polar surface area (TPSA) is 135 Å². The molecule has 3 amide bonds. The minimum atomic E-state index is -4.62. The van der Waals surface area contributed by atoms with Crippen molar-refractivity contribution >= 4 is 58.2 Å². The number of hydrogen-bond donors (Lipinski definition) is 2. The number of phenols is 1. The van der Waals surface area contributed by atoms with Crippen molar-refractivity contribution in [1.82, 2.24) is 4.57 Å². The van der Waals surface area contributed by atoms with Crippen LogP contribution in [0.3, 0.4) is 0 Å². The lowest BCUT2D eigenvalue weighted by atomic mass is 9.83. The molecule has 0 radical (unpaired) electrons. The molecule has 3 heterocycles. The van der Waals surface area contributed by atoms with Gasteiger partial charge in [-0.1, -0.05) is 41.3 Å². The number of amides is 3. The number of benzene rings is 3. The van der Waals surface area contributed by atoms with Crippen LogP contribution in [-0.2, 0) is 31.8 Å². The quantitative estimate of drug-likeness (QED) is 0.200. The highest BCUT2D eigenvalue weighted by molar-refractivity contribution is 8.00. The molecule has 1 saturated heterocycles. The molecule has 1 fully saturated rings. The van der Waals surface area contributed by atoms with Crippen molar-refractivity contribution in [2.45, 2.75) is 35.8 Å². The number of phenolic OH excluding ortho intramolecular Hbond substituents is 1. The van der Waals surface area contributed by atoms with Gasteiger partial charge in [0.2, 0.25) is 17.7 Å². The van der Waals surface area contributed by atoms with Gasteiger partial charge in [0.25, 0.3) is 0 Å². The summed E-state index contributed by atoms with van der Waals surface area (Å²) in [5.74, 6) is -4.23. The van der Waals surface area contributed by atoms with Crippen LogP contribution in [0.2, 0.25) is 0 Å². The van der Waals surface area contributed by atoms with E-state index in [1.54, 1.807) is 19.1 Å². The molecule has 6 rings (SSSR count). The van der Waals surface area contributed by atoms with Crippen LogP contribution in [0.15, 0.2) is 82.6 Å². The van der Waals surface area contributed by atoms with E-state index in [2.05, 4.69) is 5.32 Å². The van der Waals surface area contributed by atoms with Gasteiger partial charge in [-0.25, -0.2) is 9.69 Å². The summed E-state index contributed by atoms with van der Waals surface area (Å²) in [6.07, 6.45) is -4.62. The van der Waals surface area contributed by atoms with Crippen molar-refractivity contribution in [2.75, 3.05) is 16.8 Å². The summed E-state index contributed by atoms with van der Waals surface area (Å²) in [5.41, 5.74) is -0.0605. The third kappa shape index (κ3) is 6.03. The second-order valence-electron chi connectivity index (χ2n) is 10.7. The standard InChI is InChI=1S/C32H24F3N3O7S2/c1-2-45-30(43)17-6-10-20(11-7-17)38-27(41)24-23(16-8-12-21(39)13-9-16)26-29(46-25(24)28(38)42)37(31(44)47-26)15-22(40)36-19-5-3-4-18(14-19)32(33,34)35/h3-14,23-25,39H,2,15H2,1H3,(H,36,40)/t23-,24+,25-/m0/s1. The molecular weight excluding hydrogens is 659 g/mol. The number of hydrogen-bond acceptors (Lipinski definition) is 9. The Morgan fingerprint density at radius 1 is 0.979 bits per heavy atom. The molecule has 0 spiro atoms. The van der Waals surface area contributed by atoms with Crippen LogP contribution in [0, 0.1) is 5.92 Å². The maximum atomic E-state index is 14.0. The van der Waals surface area contributed by atoms with Gasteiger partial charge in [-0.15, -0.1) is 0 Å². The van der Waals surface area contributed by atoms with Crippen molar-refractivity contribution in [3.8, 4) is 5.75 Å². The highest BCUT2D eigenvalue weighted by Crippen LogP contribution is 2.54. The Kier molecular flexibility index (Phi) is 8.44. The number of aromatic nitrogens is 1. The average molecular weight is 684 g/mol. The second-order valence-corrected chi connectivity index (χ2v) is 12.8. The molecule has 0 bridgehead atoms. The summed E-state index contributed by atoms with van der Waals surface area (Å²) in [5, 5.41) is 11.6. The molecule has 242 valence electrons. The Morgan fingerprint density at radius 3 is 2.34 bits per heavy atom. The smallest absolute Gasteiger partial charge is 0.416 e. The van der Waals surface area contributed by atoms with E-state index in [1.807, 2.05) is 0 Å². The van der Waals surface area contributed by atoms with Crippen LogP contribution in [0.4, 0.5) is 24.5 Å². The lowest BCUT2D eigenvalue weighted by Crippen LogP contribution is -2.33. The lowest BCUT2D eigenvalue weighted by Gasteiger charge is -2.30. The SMILES string of the molecule is CCOC(=O)c1ccc(N2C(=O)[C@@H]3[C@H](c4ccc(O)cc4)c4sc(=O)n(CC(=O)Nc5cccc(C(F)(F)F)c5)c4S[C@@H]3C2=O)cc1. The van der Waals surface area contributed by atoms with E-state index < -0.39 is 63.9 Å². The predicted octanol–water partition coefficient (Wildman–Crippen LogP) is 5.25. The number of fused-ring (bicyclic) bond motifs is 2. The third-order valence-electron chi connectivity index (χ3n) is 7.71. The summed E-state index contributed by atoms with van der Waals surface area (Å²) < 4.78 is 45.7. The van der Waals surface area contributed by atoms with Crippen molar-refractivity contribution in [1.29, 1.82) is 0 Å². The summed E-state index contributed by atoms with van der Waals surface area (Å²) in [6, 6.07) is 15.9. The number of thioether (sulfide) groups is 1. The largest absolute Gasteiger partial charge is 0.508 e. The fraction of sp³-hybridized carbons (Fsp3) is 0.219. The Labute approximate surface area is 272 Å². The van der Waals surface area contributed by atoms with Crippen LogP contribution in [-0.4, -0.2) is 45.2 Å². The van der Waals surface area contributed by atoms with E-state index in [4.69, 9.17) is 4.74 Å². The highest BCUT2D eigenvalue weighted by Gasteiger charge is 2.56. The molecule has 2 aliphatic rings. The van der Waals surface area contributed by atoms with Crippen LogP contribution in [0.5, 0.6) is 5.75 Å². The summed E-state index contributed by atoms with van der Waals surface area (Å²) in [4.78, 5) is 67.3. The van der Waals surface area contributed by atoms with Crippen LogP contribution in [0.1, 0.15) is 39.2 Å². The minimum absolute atomic E-state index is 0.0372. The summed E-state index contributed by atoms with van der Waals surface area (Å²) >= 11 is 1.76. The minimum Gasteiger partial charge on any atom is -0.508 e. The van der Waals surface area contributed by atoms with Gasteiger partial charge in [0.15, 0.2) is 0 Å². The molecule has 3 atom stereocenters.